The first kappa shape index (κ1) is 11.1. The highest BCUT2D eigenvalue weighted by Gasteiger charge is 2.34. The third-order valence-corrected chi connectivity index (χ3v) is 3.99. The lowest BCUT2D eigenvalue weighted by atomic mass is 9.89. The normalized spacial score (nSPS) is 24.6. The van der Waals surface area contributed by atoms with Crippen molar-refractivity contribution in [3.05, 3.63) is 29.0 Å². The maximum absolute atomic E-state index is 6.04. The lowest BCUT2D eigenvalue weighted by molar-refractivity contribution is 0.475. The van der Waals surface area contributed by atoms with Crippen molar-refractivity contribution in [2.75, 3.05) is 13.1 Å². The van der Waals surface area contributed by atoms with Crippen molar-refractivity contribution >= 4 is 22.6 Å². The average Bonchev–Trinajstić information content (AvgIpc) is 2.86. The molecule has 0 spiro atoms. The number of hydrogen-bond acceptors (Lipinski definition) is 2. The molecule has 1 unspecified atom stereocenters. The van der Waals surface area contributed by atoms with Crippen LogP contribution in [0.4, 0.5) is 0 Å². The average molecular weight is 250 g/mol. The molecule has 1 aromatic carbocycles. The summed E-state index contributed by atoms with van der Waals surface area (Å²) in [7, 11) is 2.07. The van der Waals surface area contributed by atoms with Crippen LogP contribution < -0.4 is 5.32 Å². The maximum Gasteiger partial charge on any atom is 0.116 e. The van der Waals surface area contributed by atoms with Crippen LogP contribution in [0, 0.1) is 0 Å². The SMILES string of the molecule is Cn1c(C2(C)CCNC2)nc2ccc(Cl)cc21. The van der Waals surface area contributed by atoms with Gasteiger partial charge in [0.1, 0.15) is 5.82 Å². The van der Waals surface area contributed by atoms with Gasteiger partial charge in [-0.1, -0.05) is 18.5 Å². The second kappa shape index (κ2) is 3.72. The molecule has 90 valence electrons. The highest BCUT2D eigenvalue weighted by molar-refractivity contribution is 6.31. The van der Waals surface area contributed by atoms with Gasteiger partial charge in [-0.3, -0.25) is 0 Å². The number of benzene rings is 1. The fraction of sp³-hybridized carbons (Fsp3) is 0.462. The van der Waals surface area contributed by atoms with Crippen LogP contribution in [0.1, 0.15) is 19.2 Å². The van der Waals surface area contributed by atoms with Gasteiger partial charge in [-0.2, -0.15) is 0 Å². The highest BCUT2D eigenvalue weighted by atomic mass is 35.5. The van der Waals surface area contributed by atoms with E-state index >= 15 is 0 Å². The van der Waals surface area contributed by atoms with Gasteiger partial charge in [0.2, 0.25) is 0 Å². The summed E-state index contributed by atoms with van der Waals surface area (Å²) in [5.74, 6) is 1.15. The van der Waals surface area contributed by atoms with Crippen molar-refractivity contribution in [2.24, 2.45) is 7.05 Å². The van der Waals surface area contributed by atoms with E-state index in [1.54, 1.807) is 0 Å². The van der Waals surface area contributed by atoms with E-state index in [-0.39, 0.29) is 5.41 Å². The van der Waals surface area contributed by atoms with Crippen molar-refractivity contribution in [2.45, 2.75) is 18.8 Å². The van der Waals surface area contributed by atoms with Gasteiger partial charge < -0.3 is 9.88 Å². The monoisotopic (exact) mass is 249 g/mol. The molecule has 0 bridgehead atoms. The molecule has 0 radical (unpaired) electrons. The zero-order valence-electron chi connectivity index (χ0n) is 10.1. The number of aromatic nitrogens is 2. The van der Waals surface area contributed by atoms with E-state index in [9.17, 15) is 0 Å². The third-order valence-electron chi connectivity index (χ3n) is 3.75. The molecule has 3 rings (SSSR count). The Balaban J connectivity index is 2.20. The van der Waals surface area contributed by atoms with E-state index in [4.69, 9.17) is 16.6 Å². The molecular weight excluding hydrogens is 234 g/mol. The fourth-order valence-electron chi connectivity index (χ4n) is 2.71. The Bertz CT molecular complexity index is 567. The smallest absolute Gasteiger partial charge is 0.116 e. The van der Waals surface area contributed by atoms with Crippen molar-refractivity contribution in [3.8, 4) is 0 Å². The van der Waals surface area contributed by atoms with Crippen LogP contribution in [0.5, 0.6) is 0 Å². The summed E-state index contributed by atoms with van der Waals surface area (Å²) in [5.41, 5.74) is 2.28. The minimum atomic E-state index is 0.139. The van der Waals surface area contributed by atoms with Gasteiger partial charge in [-0.15, -0.1) is 0 Å². The molecule has 1 fully saturated rings. The largest absolute Gasteiger partial charge is 0.331 e. The van der Waals surface area contributed by atoms with E-state index in [0.717, 1.165) is 41.4 Å². The predicted molar refractivity (Wildman–Crippen MR) is 70.6 cm³/mol. The van der Waals surface area contributed by atoms with Crippen LogP contribution >= 0.6 is 11.6 Å². The number of imidazole rings is 1. The minimum Gasteiger partial charge on any atom is -0.331 e. The minimum absolute atomic E-state index is 0.139. The van der Waals surface area contributed by atoms with Crippen molar-refractivity contribution in [1.29, 1.82) is 0 Å². The number of fused-ring (bicyclic) bond motifs is 1. The molecule has 2 heterocycles. The first-order valence-electron chi connectivity index (χ1n) is 5.93. The van der Waals surface area contributed by atoms with E-state index < -0.39 is 0 Å². The standard InChI is InChI=1S/C13H16ClN3/c1-13(5-6-15-8-13)12-16-10-4-3-9(14)7-11(10)17(12)2/h3-4,7,15H,5-6,8H2,1-2H3. The van der Waals surface area contributed by atoms with Crippen LogP contribution in [0.3, 0.4) is 0 Å². The van der Waals surface area contributed by atoms with Crippen LogP contribution in [0.25, 0.3) is 11.0 Å². The van der Waals surface area contributed by atoms with Gasteiger partial charge >= 0.3 is 0 Å². The summed E-state index contributed by atoms with van der Waals surface area (Å²) in [5, 5.41) is 4.18. The number of rotatable bonds is 1. The lowest BCUT2D eigenvalue weighted by Crippen LogP contribution is -2.28. The van der Waals surface area contributed by atoms with Gasteiger partial charge in [0.05, 0.1) is 11.0 Å². The van der Waals surface area contributed by atoms with E-state index in [2.05, 4.69) is 23.9 Å². The zero-order valence-corrected chi connectivity index (χ0v) is 10.9. The second-order valence-electron chi connectivity index (χ2n) is 5.11. The summed E-state index contributed by atoms with van der Waals surface area (Å²) in [6, 6.07) is 5.88. The quantitative estimate of drug-likeness (QED) is 0.842. The number of nitrogens with one attached hydrogen (secondary N) is 1. The number of hydrogen-bond donors (Lipinski definition) is 1. The molecule has 3 nitrogen and oxygen atoms in total. The summed E-state index contributed by atoms with van der Waals surface area (Å²) in [4.78, 5) is 4.77. The third kappa shape index (κ3) is 1.65. The Labute approximate surface area is 106 Å². The van der Waals surface area contributed by atoms with E-state index in [1.807, 2.05) is 18.2 Å². The Hall–Kier alpha value is -1.06. The molecule has 0 aliphatic carbocycles. The summed E-state index contributed by atoms with van der Waals surface area (Å²) < 4.78 is 2.17. The molecular formula is C13H16ClN3. The number of halogens is 1. The number of aryl methyl sites for hydroxylation is 1. The molecule has 1 saturated heterocycles. The topological polar surface area (TPSA) is 29.9 Å². The van der Waals surface area contributed by atoms with Gasteiger partial charge in [0, 0.05) is 24.0 Å². The molecule has 0 saturated carbocycles. The lowest BCUT2D eigenvalue weighted by Gasteiger charge is -2.21. The molecule has 1 aromatic heterocycles. The summed E-state index contributed by atoms with van der Waals surface area (Å²) >= 11 is 6.04. The fourth-order valence-corrected chi connectivity index (χ4v) is 2.88. The predicted octanol–water partition coefficient (Wildman–Crippen LogP) is 2.48. The van der Waals surface area contributed by atoms with E-state index in [1.165, 1.54) is 0 Å². The Morgan fingerprint density at radius 2 is 2.29 bits per heavy atom. The second-order valence-corrected chi connectivity index (χ2v) is 5.55. The zero-order chi connectivity index (χ0) is 12.0. The Morgan fingerprint density at radius 3 is 3.00 bits per heavy atom. The summed E-state index contributed by atoms with van der Waals surface area (Å²) in [6.07, 6.45) is 1.14. The highest BCUT2D eigenvalue weighted by Crippen LogP contribution is 2.31. The Morgan fingerprint density at radius 1 is 1.47 bits per heavy atom. The van der Waals surface area contributed by atoms with Crippen molar-refractivity contribution in [3.63, 3.8) is 0 Å². The maximum atomic E-state index is 6.04. The van der Waals surface area contributed by atoms with Crippen LogP contribution in [0.2, 0.25) is 5.02 Å². The molecule has 1 aliphatic rings. The van der Waals surface area contributed by atoms with Crippen LogP contribution in [-0.4, -0.2) is 22.6 Å². The first-order valence-corrected chi connectivity index (χ1v) is 6.31. The van der Waals surface area contributed by atoms with Crippen molar-refractivity contribution < 1.29 is 0 Å². The molecule has 0 amide bonds. The molecule has 17 heavy (non-hydrogen) atoms. The molecule has 1 N–H and O–H groups in total. The summed E-state index contributed by atoms with van der Waals surface area (Å²) in [6.45, 7) is 4.34. The van der Waals surface area contributed by atoms with Gasteiger partial charge in [-0.05, 0) is 31.2 Å². The first-order chi connectivity index (χ1) is 8.10. The molecule has 4 heteroatoms. The molecule has 1 atom stereocenters. The van der Waals surface area contributed by atoms with Gasteiger partial charge in [0.15, 0.2) is 0 Å². The number of nitrogens with zero attached hydrogens (tertiary/aromatic N) is 2. The molecule has 2 aromatic rings. The van der Waals surface area contributed by atoms with E-state index in [0.29, 0.717) is 0 Å². The molecule has 1 aliphatic heterocycles. The van der Waals surface area contributed by atoms with Gasteiger partial charge in [-0.25, -0.2) is 4.98 Å². The Kier molecular flexibility index (Phi) is 2.42. The van der Waals surface area contributed by atoms with Crippen LogP contribution in [0.15, 0.2) is 18.2 Å². The van der Waals surface area contributed by atoms with Gasteiger partial charge in [0.25, 0.3) is 0 Å². The van der Waals surface area contributed by atoms with Crippen LogP contribution in [-0.2, 0) is 12.5 Å². The van der Waals surface area contributed by atoms with Crippen molar-refractivity contribution in [1.82, 2.24) is 14.9 Å².